The second-order valence-electron chi connectivity index (χ2n) is 9.01. The quantitative estimate of drug-likeness (QED) is 0.475. The molecule has 1 heterocycles. The van der Waals surface area contributed by atoms with E-state index in [4.69, 9.17) is 0 Å². The Labute approximate surface area is 201 Å². The Morgan fingerprint density at radius 1 is 1.24 bits per heavy atom. The van der Waals surface area contributed by atoms with Crippen LogP contribution in [0.25, 0.3) is 0 Å². The summed E-state index contributed by atoms with van der Waals surface area (Å²) in [5.74, 6) is 0.645. The van der Waals surface area contributed by atoms with Gasteiger partial charge in [-0.2, -0.15) is 18.3 Å². The molecule has 0 amide bonds. The Bertz CT molecular complexity index is 924. The van der Waals surface area contributed by atoms with Gasteiger partial charge in [-0.25, -0.2) is 0 Å². The molecule has 7 heteroatoms. The lowest BCUT2D eigenvalue weighted by molar-refractivity contribution is -0.137. The maximum absolute atomic E-state index is 13.2. The summed E-state index contributed by atoms with van der Waals surface area (Å²) in [5.41, 5.74) is -0.385. The van der Waals surface area contributed by atoms with Crippen molar-refractivity contribution in [1.82, 2.24) is 5.01 Å². The Balaban J connectivity index is 0.000000507. The van der Waals surface area contributed by atoms with Gasteiger partial charge >= 0.3 is 6.18 Å². The summed E-state index contributed by atoms with van der Waals surface area (Å²) in [6, 6.07) is 5.40. The van der Waals surface area contributed by atoms with E-state index >= 15 is 0 Å². The first kappa shape index (κ1) is 27.7. The Morgan fingerprint density at radius 3 is 2.32 bits per heavy atom. The molecule has 1 aromatic rings. The highest BCUT2D eigenvalue weighted by Crippen LogP contribution is 2.44. The first-order valence-corrected chi connectivity index (χ1v) is 12.2. The highest BCUT2D eigenvalue weighted by molar-refractivity contribution is 6.46. The number of alkyl halides is 3. The smallest absolute Gasteiger partial charge is 0.416 e. The van der Waals surface area contributed by atoms with Crippen molar-refractivity contribution in [2.24, 2.45) is 11.0 Å². The Morgan fingerprint density at radius 2 is 1.85 bits per heavy atom. The van der Waals surface area contributed by atoms with E-state index in [9.17, 15) is 23.1 Å². The number of nitrogens with zero attached hydrogens (tertiary/aromatic N) is 2. The molecule has 0 radical (unpaired) electrons. The molecule has 188 valence electrons. The molecule has 4 nitrogen and oxygen atoms in total. The fourth-order valence-corrected chi connectivity index (χ4v) is 4.37. The van der Waals surface area contributed by atoms with Crippen LogP contribution in [0.5, 0.6) is 0 Å². The minimum absolute atomic E-state index is 0.0622. The number of benzene rings is 1. The zero-order chi connectivity index (χ0) is 25.5. The second kappa shape index (κ2) is 11.7. The van der Waals surface area contributed by atoms with Crippen molar-refractivity contribution >= 4 is 11.5 Å². The fraction of sp³-hybridized carbons (Fsp3) is 0.556. The minimum Gasteiger partial charge on any atom is -0.506 e. The van der Waals surface area contributed by atoms with Gasteiger partial charge in [-0.1, -0.05) is 77.7 Å². The zero-order valence-corrected chi connectivity index (χ0v) is 20.7. The molecule has 3 aliphatic rings. The standard InChI is InChI=1S/C20H21F3N2O2.C5H10.C2H6/c1-13-17(27)11-25(24-18(13)14(2)26)12-19(8-3-4-9-19)15-6-5-7-16(10-15)20(21,22)23;1-2-5-3-4-5;1-2/h5-7,10-11,27H,1,3-4,8-9,12H2,2H3;5H,2-4H2,1H3;1-2H3. The van der Waals surface area contributed by atoms with E-state index in [-0.39, 0.29) is 29.4 Å². The number of allylic oxidation sites excluding steroid dienone is 1. The molecule has 0 spiro atoms. The summed E-state index contributed by atoms with van der Waals surface area (Å²) in [7, 11) is 0. The van der Waals surface area contributed by atoms with Gasteiger partial charge in [0.1, 0.15) is 11.5 Å². The van der Waals surface area contributed by atoms with Gasteiger partial charge in [-0.3, -0.25) is 9.80 Å². The lowest BCUT2D eigenvalue weighted by atomic mass is 9.78. The molecule has 4 rings (SSSR count). The number of hydrogen-bond donors (Lipinski definition) is 1. The molecule has 2 aliphatic carbocycles. The summed E-state index contributed by atoms with van der Waals surface area (Å²) in [4.78, 5) is 11.8. The normalized spacial score (nSPS) is 19.3. The monoisotopic (exact) mass is 478 g/mol. The van der Waals surface area contributed by atoms with Crippen LogP contribution in [0, 0.1) is 5.92 Å². The summed E-state index contributed by atoms with van der Waals surface area (Å²) >= 11 is 0. The molecule has 2 fully saturated rings. The molecular weight excluding hydrogens is 441 g/mol. The van der Waals surface area contributed by atoms with E-state index in [1.54, 1.807) is 6.07 Å². The highest BCUT2D eigenvalue weighted by Gasteiger charge is 2.40. The first-order chi connectivity index (χ1) is 16.1. The number of halogens is 3. The number of rotatable bonds is 5. The highest BCUT2D eigenvalue weighted by atomic mass is 19.4. The number of ketones is 1. The summed E-state index contributed by atoms with van der Waals surface area (Å²) in [6.07, 6.45) is 4.63. The Hall–Kier alpha value is -2.57. The van der Waals surface area contributed by atoms with Crippen molar-refractivity contribution in [1.29, 1.82) is 0 Å². The van der Waals surface area contributed by atoms with Gasteiger partial charge in [0.05, 0.1) is 18.3 Å². The number of aliphatic hydroxyl groups excluding tert-OH is 1. The number of hydrogen-bond acceptors (Lipinski definition) is 4. The summed E-state index contributed by atoms with van der Waals surface area (Å²) in [6.45, 7) is 11.5. The van der Waals surface area contributed by atoms with E-state index < -0.39 is 17.2 Å². The average molecular weight is 479 g/mol. The lowest BCUT2D eigenvalue weighted by Gasteiger charge is -2.35. The number of aliphatic hydroxyl groups is 1. The second-order valence-corrected chi connectivity index (χ2v) is 9.01. The van der Waals surface area contributed by atoms with Crippen molar-refractivity contribution < 1.29 is 23.1 Å². The fourth-order valence-electron chi connectivity index (χ4n) is 4.37. The van der Waals surface area contributed by atoms with Crippen LogP contribution >= 0.6 is 0 Å². The van der Waals surface area contributed by atoms with Crippen molar-refractivity contribution in [3.8, 4) is 0 Å². The first-order valence-electron chi connectivity index (χ1n) is 12.2. The Kier molecular flexibility index (Phi) is 9.54. The van der Waals surface area contributed by atoms with Crippen LogP contribution in [0.1, 0.15) is 83.8 Å². The molecular formula is C27H37F3N2O2. The topological polar surface area (TPSA) is 52.9 Å². The van der Waals surface area contributed by atoms with Gasteiger partial charge in [0.2, 0.25) is 0 Å². The molecule has 1 aromatic carbocycles. The van der Waals surface area contributed by atoms with Crippen LogP contribution in [0.4, 0.5) is 13.2 Å². The molecule has 2 saturated carbocycles. The van der Waals surface area contributed by atoms with Crippen molar-refractivity contribution in [2.45, 2.75) is 84.2 Å². The molecule has 0 saturated heterocycles. The van der Waals surface area contributed by atoms with Crippen LogP contribution in [0.15, 0.2) is 53.5 Å². The molecule has 0 unspecified atom stereocenters. The molecule has 0 aromatic heterocycles. The predicted octanol–water partition coefficient (Wildman–Crippen LogP) is 7.57. The number of carbonyl (C=O) groups excluding carboxylic acids is 1. The van der Waals surface area contributed by atoms with Gasteiger partial charge in [0.25, 0.3) is 0 Å². The van der Waals surface area contributed by atoms with E-state index in [2.05, 4.69) is 18.6 Å². The molecule has 0 bridgehead atoms. The number of carbonyl (C=O) groups is 1. The third kappa shape index (κ3) is 6.97. The van der Waals surface area contributed by atoms with E-state index in [1.807, 2.05) is 13.8 Å². The van der Waals surface area contributed by atoms with Gasteiger partial charge in [0.15, 0.2) is 5.78 Å². The van der Waals surface area contributed by atoms with E-state index in [0.717, 1.165) is 24.8 Å². The number of hydrazone groups is 1. The van der Waals surface area contributed by atoms with Crippen molar-refractivity contribution in [2.75, 3.05) is 6.54 Å². The average Bonchev–Trinajstić information content (AvgIpc) is 3.54. The van der Waals surface area contributed by atoms with Crippen LogP contribution in [0.3, 0.4) is 0 Å². The van der Waals surface area contributed by atoms with Crippen molar-refractivity contribution in [3.05, 3.63) is 59.5 Å². The van der Waals surface area contributed by atoms with Crippen LogP contribution in [-0.4, -0.2) is 28.2 Å². The maximum Gasteiger partial charge on any atom is 0.416 e. The van der Waals surface area contributed by atoms with Gasteiger partial charge in [-0.05, 0) is 30.4 Å². The van der Waals surface area contributed by atoms with Crippen molar-refractivity contribution in [3.63, 3.8) is 0 Å². The lowest BCUT2D eigenvalue weighted by Crippen LogP contribution is -2.37. The SMILES string of the molecule is C=C1C(O)=CN(CC2(c3cccc(C(F)(F)F)c3)CCCC2)N=C1C(C)=O.CC.CCC1CC1. The molecule has 1 aliphatic heterocycles. The maximum atomic E-state index is 13.2. The van der Waals surface area contributed by atoms with Crippen LogP contribution in [0.2, 0.25) is 0 Å². The molecule has 1 N–H and O–H groups in total. The van der Waals surface area contributed by atoms with Gasteiger partial charge in [0, 0.05) is 17.9 Å². The van der Waals surface area contributed by atoms with E-state index in [0.29, 0.717) is 18.4 Å². The third-order valence-electron chi connectivity index (χ3n) is 6.53. The van der Waals surface area contributed by atoms with Crippen LogP contribution < -0.4 is 0 Å². The van der Waals surface area contributed by atoms with Crippen LogP contribution in [-0.2, 0) is 16.4 Å². The predicted molar refractivity (Wildman–Crippen MR) is 131 cm³/mol. The molecule has 34 heavy (non-hydrogen) atoms. The third-order valence-corrected chi connectivity index (χ3v) is 6.53. The minimum atomic E-state index is -4.41. The largest absolute Gasteiger partial charge is 0.506 e. The zero-order valence-electron chi connectivity index (χ0n) is 20.7. The summed E-state index contributed by atoms with van der Waals surface area (Å²) in [5, 5.41) is 15.8. The van der Waals surface area contributed by atoms with E-state index in [1.165, 1.54) is 49.5 Å². The summed E-state index contributed by atoms with van der Waals surface area (Å²) < 4.78 is 39.5. The number of Topliss-reactive ketones (excluding diaryl/α,β-unsaturated/α-hetero) is 1. The van der Waals surface area contributed by atoms with Gasteiger partial charge in [-0.15, -0.1) is 0 Å². The molecule has 0 atom stereocenters. The van der Waals surface area contributed by atoms with Gasteiger partial charge < -0.3 is 5.11 Å².